The first-order chi connectivity index (χ1) is 4.33. The first kappa shape index (κ1) is 9.96. The van der Waals surface area contributed by atoms with Crippen molar-refractivity contribution in [3.8, 4) is 0 Å². The molecule has 0 bridgehead atoms. The van der Waals surface area contributed by atoms with Gasteiger partial charge in [-0.25, -0.2) is 0 Å². The van der Waals surface area contributed by atoms with Gasteiger partial charge in [-0.1, -0.05) is 20.8 Å². The lowest BCUT2D eigenvalue weighted by atomic mass is 9.87. The van der Waals surface area contributed by atoms with Crippen molar-refractivity contribution in [1.82, 2.24) is 0 Å². The van der Waals surface area contributed by atoms with Gasteiger partial charge < -0.3 is 5.11 Å². The van der Waals surface area contributed by atoms with Crippen molar-refractivity contribution in [3.63, 3.8) is 0 Å². The van der Waals surface area contributed by atoms with Crippen LogP contribution in [0.4, 0.5) is 0 Å². The molecule has 0 heterocycles. The van der Waals surface area contributed by atoms with Crippen LogP contribution in [-0.2, 0) is 0 Å². The molecule has 0 aromatic rings. The molecule has 0 rings (SSSR count). The van der Waals surface area contributed by atoms with Gasteiger partial charge in [0.15, 0.2) is 0 Å². The summed E-state index contributed by atoms with van der Waals surface area (Å²) in [6, 6.07) is 0. The first-order valence-electron chi connectivity index (χ1n) is 4.05. The van der Waals surface area contributed by atoms with Crippen LogP contribution in [0.3, 0.4) is 0 Å². The molecule has 10 heavy (non-hydrogen) atoms. The SMILES string of the molecule is CC(C)[C@@H](C)CC(C)(C)O. The Morgan fingerprint density at radius 3 is 1.70 bits per heavy atom. The van der Waals surface area contributed by atoms with E-state index in [0.29, 0.717) is 11.8 Å². The molecule has 1 heteroatoms. The molecule has 0 amide bonds. The van der Waals surface area contributed by atoms with Crippen LogP contribution in [0.5, 0.6) is 0 Å². The predicted octanol–water partition coefficient (Wildman–Crippen LogP) is 2.44. The van der Waals surface area contributed by atoms with E-state index in [0.717, 1.165) is 6.42 Å². The maximum atomic E-state index is 9.44. The molecule has 0 radical (unpaired) electrons. The van der Waals surface area contributed by atoms with Gasteiger partial charge in [-0.05, 0) is 32.1 Å². The summed E-state index contributed by atoms with van der Waals surface area (Å²) in [5, 5.41) is 9.44. The monoisotopic (exact) mass is 144 g/mol. The van der Waals surface area contributed by atoms with Crippen LogP contribution < -0.4 is 0 Å². The van der Waals surface area contributed by atoms with E-state index in [1.165, 1.54) is 0 Å². The first-order valence-corrected chi connectivity index (χ1v) is 4.05. The Balaban J connectivity index is 3.68. The summed E-state index contributed by atoms with van der Waals surface area (Å²) in [5.74, 6) is 1.28. The lowest BCUT2D eigenvalue weighted by molar-refractivity contribution is 0.0478. The second kappa shape index (κ2) is 3.38. The molecular weight excluding hydrogens is 124 g/mol. The third kappa shape index (κ3) is 4.80. The van der Waals surface area contributed by atoms with E-state index in [9.17, 15) is 5.11 Å². The molecule has 0 unspecified atom stereocenters. The van der Waals surface area contributed by atoms with E-state index in [1.807, 2.05) is 13.8 Å². The molecule has 0 aliphatic rings. The molecule has 62 valence electrons. The van der Waals surface area contributed by atoms with Crippen LogP contribution in [0.2, 0.25) is 0 Å². The van der Waals surface area contributed by atoms with Crippen LogP contribution in [0.1, 0.15) is 41.0 Å². The molecule has 1 nitrogen and oxygen atoms in total. The van der Waals surface area contributed by atoms with E-state index >= 15 is 0 Å². The van der Waals surface area contributed by atoms with Gasteiger partial charge in [0.2, 0.25) is 0 Å². The van der Waals surface area contributed by atoms with Gasteiger partial charge in [-0.15, -0.1) is 0 Å². The molecular formula is C9H20O. The lowest BCUT2D eigenvalue weighted by Crippen LogP contribution is -2.24. The van der Waals surface area contributed by atoms with Gasteiger partial charge in [-0.2, -0.15) is 0 Å². The number of rotatable bonds is 3. The highest BCUT2D eigenvalue weighted by Crippen LogP contribution is 2.21. The van der Waals surface area contributed by atoms with Crippen LogP contribution in [0, 0.1) is 11.8 Å². The van der Waals surface area contributed by atoms with Crippen molar-refractivity contribution in [3.05, 3.63) is 0 Å². The molecule has 0 aromatic heterocycles. The molecule has 0 saturated carbocycles. The number of hydrogen-bond acceptors (Lipinski definition) is 1. The largest absolute Gasteiger partial charge is 0.390 e. The Morgan fingerprint density at radius 1 is 1.20 bits per heavy atom. The van der Waals surface area contributed by atoms with Crippen molar-refractivity contribution in [2.45, 2.75) is 46.6 Å². The normalized spacial score (nSPS) is 15.9. The maximum Gasteiger partial charge on any atom is 0.0594 e. The van der Waals surface area contributed by atoms with E-state index in [4.69, 9.17) is 0 Å². The molecule has 0 aromatic carbocycles. The maximum absolute atomic E-state index is 9.44. The molecule has 0 spiro atoms. The molecule has 0 aliphatic carbocycles. The summed E-state index contributed by atoms with van der Waals surface area (Å²) in [5.41, 5.74) is -0.496. The van der Waals surface area contributed by atoms with Crippen molar-refractivity contribution in [2.75, 3.05) is 0 Å². The topological polar surface area (TPSA) is 20.2 Å². The average Bonchev–Trinajstić information content (AvgIpc) is 1.60. The minimum atomic E-state index is -0.496. The van der Waals surface area contributed by atoms with Crippen molar-refractivity contribution >= 4 is 0 Å². The van der Waals surface area contributed by atoms with Gasteiger partial charge in [0.1, 0.15) is 0 Å². The molecule has 0 fully saturated rings. The Kier molecular flexibility index (Phi) is 3.37. The lowest BCUT2D eigenvalue weighted by Gasteiger charge is -2.24. The number of hydrogen-bond donors (Lipinski definition) is 1. The summed E-state index contributed by atoms with van der Waals surface area (Å²) in [4.78, 5) is 0. The molecule has 0 saturated heterocycles. The standard InChI is InChI=1S/C9H20O/c1-7(2)8(3)6-9(4,5)10/h7-8,10H,6H2,1-5H3/t8-/m0/s1. The average molecular weight is 144 g/mol. The zero-order valence-corrected chi connectivity index (χ0v) is 7.81. The fraction of sp³-hybridized carbons (Fsp3) is 1.00. The van der Waals surface area contributed by atoms with E-state index in [1.54, 1.807) is 0 Å². The van der Waals surface area contributed by atoms with Gasteiger partial charge in [-0.3, -0.25) is 0 Å². The molecule has 0 aliphatic heterocycles. The second-order valence-electron chi connectivity index (χ2n) is 4.24. The summed E-state index contributed by atoms with van der Waals surface area (Å²) < 4.78 is 0. The summed E-state index contributed by atoms with van der Waals surface area (Å²) in [6.07, 6.45) is 0.894. The van der Waals surface area contributed by atoms with E-state index < -0.39 is 5.60 Å². The Bertz CT molecular complexity index is 89.4. The van der Waals surface area contributed by atoms with Crippen molar-refractivity contribution in [1.29, 1.82) is 0 Å². The Labute approximate surface area is 64.5 Å². The van der Waals surface area contributed by atoms with Crippen molar-refractivity contribution < 1.29 is 5.11 Å². The molecule has 1 atom stereocenters. The minimum Gasteiger partial charge on any atom is -0.390 e. The third-order valence-electron chi connectivity index (χ3n) is 1.96. The fourth-order valence-electron chi connectivity index (χ4n) is 1.02. The zero-order chi connectivity index (χ0) is 8.36. The van der Waals surface area contributed by atoms with Gasteiger partial charge in [0.25, 0.3) is 0 Å². The Morgan fingerprint density at radius 2 is 1.60 bits per heavy atom. The predicted molar refractivity (Wildman–Crippen MR) is 44.9 cm³/mol. The Hall–Kier alpha value is -0.0400. The van der Waals surface area contributed by atoms with Crippen molar-refractivity contribution in [2.24, 2.45) is 11.8 Å². The second-order valence-corrected chi connectivity index (χ2v) is 4.24. The van der Waals surface area contributed by atoms with E-state index in [-0.39, 0.29) is 0 Å². The highest BCUT2D eigenvalue weighted by Gasteiger charge is 2.18. The van der Waals surface area contributed by atoms with Crippen LogP contribution in [0.25, 0.3) is 0 Å². The minimum absolute atomic E-state index is 0.496. The highest BCUT2D eigenvalue weighted by atomic mass is 16.3. The van der Waals surface area contributed by atoms with Crippen LogP contribution >= 0.6 is 0 Å². The fourth-order valence-corrected chi connectivity index (χ4v) is 1.02. The smallest absolute Gasteiger partial charge is 0.0594 e. The quantitative estimate of drug-likeness (QED) is 0.645. The zero-order valence-electron chi connectivity index (χ0n) is 7.81. The third-order valence-corrected chi connectivity index (χ3v) is 1.96. The number of aliphatic hydroxyl groups is 1. The van der Waals surface area contributed by atoms with Crippen LogP contribution in [0.15, 0.2) is 0 Å². The van der Waals surface area contributed by atoms with Crippen LogP contribution in [-0.4, -0.2) is 10.7 Å². The summed E-state index contributed by atoms with van der Waals surface area (Å²) >= 11 is 0. The molecule has 1 N–H and O–H groups in total. The van der Waals surface area contributed by atoms with Gasteiger partial charge in [0.05, 0.1) is 5.60 Å². The highest BCUT2D eigenvalue weighted by molar-refractivity contribution is 4.70. The van der Waals surface area contributed by atoms with Gasteiger partial charge >= 0.3 is 0 Å². The van der Waals surface area contributed by atoms with E-state index in [2.05, 4.69) is 20.8 Å². The summed E-state index contributed by atoms with van der Waals surface area (Å²) in [7, 11) is 0. The summed E-state index contributed by atoms with van der Waals surface area (Å²) in [6.45, 7) is 10.3. The van der Waals surface area contributed by atoms with Gasteiger partial charge in [0, 0.05) is 0 Å².